The highest BCUT2D eigenvalue weighted by Crippen LogP contribution is 2.37. The number of nitrogens with zero attached hydrogens (tertiary/aromatic N) is 2. The van der Waals surface area contributed by atoms with Crippen LogP contribution in [0.2, 0.25) is 0 Å². The van der Waals surface area contributed by atoms with Crippen LogP contribution in [0.25, 0.3) is 11.1 Å². The predicted molar refractivity (Wildman–Crippen MR) is 177 cm³/mol. The molecule has 0 aromatic heterocycles. The summed E-state index contributed by atoms with van der Waals surface area (Å²) in [6, 6.07) is 25.4. The first-order valence-electron chi connectivity index (χ1n) is 15.7. The molecule has 0 atom stereocenters. The lowest BCUT2D eigenvalue weighted by atomic mass is 9.79. The van der Waals surface area contributed by atoms with Crippen molar-refractivity contribution in [2.75, 3.05) is 23.9 Å². The number of carbonyl (C=O) groups excluding carboxylic acids is 1. The van der Waals surface area contributed by atoms with Crippen LogP contribution in [0.3, 0.4) is 0 Å². The van der Waals surface area contributed by atoms with Crippen molar-refractivity contribution in [2.45, 2.75) is 91.4 Å². The largest absolute Gasteiger partial charge is 0.494 e. The standard InChI is InChI=1S/C34H43BN2O3.C2H6/c1-33(2)34(3,4)40-35(39-33)29-13-10-14-31(23-29)37(32(38)28-11-8-7-9-12-28)24-25-15-17-26(18-16-25)27-19-21-30(22-20-27)36(5)6;1-2/h10,13-23,28H,7-9,11-12,24H2,1-6H3;1-2H3. The van der Waals surface area contributed by atoms with E-state index in [-0.39, 0.29) is 11.8 Å². The molecule has 1 saturated carbocycles. The molecule has 0 unspecified atom stereocenters. The zero-order valence-corrected chi connectivity index (χ0v) is 26.9. The molecule has 1 aliphatic carbocycles. The SMILES string of the molecule is CC.CN(C)c1ccc(-c2ccc(CN(C(=O)C3CCCCC3)c3cccc(B4OC(C)(C)C(C)(C)O4)c3)cc2)cc1. The van der Waals surface area contributed by atoms with E-state index in [9.17, 15) is 4.79 Å². The van der Waals surface area contributed by atoms with Crippen LogP contribution in [0.1, 0.15) is 79.2 Å². The molecule has 2 aliphatic rings. The molecular formula is C36H49BN2O3. The van der Waals surface area contributed by atoms with Crippen molar-refractivity contribution in [3.8, 4) is 11.1 Å². The maximum absolute atomic E-state index is 14.0. The fourth-order valence-electron chi connectivity index (χ4n) is 5.62. The van der Waals surface area contributed by atoms with E-state index >= 15 is 0 Å². The number of amides is 1. The van der Waals surface area contributed by atoms with Gasteiger partial charge in [0.15, 0.2) is 0 Å². The first-order chi connectivity index (χ1) is 20.0. The minimum Gasteiger partial charge on any atom is -0.399 e. The third-order valence-corrected chi connectivity index (χ3v) is 8.94. The van der Waals surface area contributed by atoms with Crippen molar-refractivity contribution in [1.82, 2.24) is 0 Å². The first kappa shape index (κ1) is 31.8. The molecule has 2 fully saturated rings. The smallest absolute Gasteiger partial charge is 0.399 e. The van der Waals surface area contributed by atoms with Crippen molar-refractivity contribution in [2.24, 2.45) is 5.92 Å². The Morgan fingerprint density at radius 1 is 0.786 bits per heavy atom. The van der Waals surface area contributed by atoms with Gasteiger partial charge in [-0.15, -0.1) is 0 Å². The van der Waals surface area contributed by atoms with Crippen LogP contribution >= 0.6 is 0 Å². The third kappa shape index (κ3) is 7.10. The van der Waals surface area contributed by atoms with Crippen molar-refractivity contribution >= 4 is 29.9 Å². The van der Waals surface area contributed by atoms with E-state index in [1.807, 2.05) is 36.9 Å². The van der Waals surface area contributed by atoms with Gasteiger partial charge in [-0.3, -0.25) is 4.79 Å². The number of rotatable bonds is 7. The Balaban J connectivity index is 0.00000198. The van der Waals surface area contributed by atoms with Crippen LogP contribution in [-0.4, -0.2) is 38.3 Å². The Bertz CT molecular complexity index is 1300. The summed E-state index contributed by atoms with van der Waals surface area (Å²) in [6.07, 6.45) is 5.40. The normalized spacial score (nSPS) is 17.8. The summed E-state index contributed by atoms with van der Waals surface area (Å²) in [7, 11) is 3.64. The predicted octanol–water partition coefficient (Wildman–Crippen LogP) is 7.86. The highest BCUT2D eigenvalue weighted by molar-refractivity contribution is 6.62. The lowest BCUT2D eigenvalue weighted by Gasteiger charge is -2.32. The fraction of sp³-hybridized carbons (Fsp3) is 0.472. The lowest BCUT2D eigenvalue weighted by Crippen LogP contribution is -2.41. The van der Waals surface area contributed by atoms with Crippen LogP contribution in [0, 0.1) is 5.92 Å². The van der Waals surface area contributed by atoms with Crippen LogP contribution in [0.5, 0.6) is 0 Å². The average Bonchev–Trinajstić information content (AvgIpc) is 3.23. The molecule has 0 radical (unpaired) electrons. The lowest BCUT2D eigenvalue weighted by molar-refractivity contribution is -0.123. The van der Waals surface area contributed by atoms with E-state index in [1.165, 1.54) is 23.2 Å². The number of hydrogen-bond acceptors (Lipinski definition) is 4. The third-order valence-electron chi connectivity index (χ3n) is 8.94. The van der Waals surface area contributed by atoms with E-state index in [0.29, 0.717) is 6.54 Å². The highest BCUT2D eigenvalue weighted by atomic mass is 16.7. The number of anilines is 2. The van der Waals surface area contributed by atoms with Crippen molar-refractivity contribution in [3.05, 3.63) is 78.4 Å². The summed E-state index contributed by atoms with van der Waals surface area (Å²) in [5, 5.41) is 0. The van der Waals surface area contributed by atoms with Crippen LogP contribution in [-0.2, 0) is 20.6 Å². The Morgan fingerprint density at radius 2 is 1.33 bits per heavy atom. The second kappa shape index (κ2) is 13.5. The molecule has 5 rings (SSSR count). The van der Waals surface area contributed by atoms with Gasteiger partial charge in [0.25, 0.3) is 0 Å². The highest BCUT2D eigenvalue weighted by Gasteiger charge is 2.51. The van der Waals surface area contributed by atoms with Crippen molar-refractivity contribution in [3.63, 3.8) is 0 Å². The molecule has 0 bridgehead atoms. The van der Waals surface area contributed by atoms with E-state index in [4.69, 9.17) is 9.31 Å². The second-order valence-electron chi connectivity index (χ2n) is 12.6. The molecule has 1 saturated heterocycles. The Hall–Kier alpha value is -3.09. The van der Waals surface area contributed by atoms with Gasteiger partial charge in [0.1, 0.15) is 0 Å². The molecule has 1 aliphatic heterocycles. The van der Waals surface area contributed by atoms with Gasteiger partial charge in [-0.25, -0.2) is 0 Å². The van der Waals surface area contributed by atoms with Gasteiger partial charge in [-0.05, 0) is 87.0 Å². The van der Waals surface area contributed by atoms with Gasteiger partial charge in [-0.2, -0.15) is 0 Å². The topological polar surface area (TPSA) is 42.0 Å². The molecule has 3 aromatic carbocycles. The van der Waals surface area contributed by atoms with E-state index in [0.717, 1.165) is 42.4 Å². The van der Waals surface area contributed by atoms with Gasteiger partial charge in [0, 0.05) is 31.4 Å². The van der Waals surface area contributed by atoms with Gasteiger partial charge < -0.3 is 19.1 Å². The van der Waals surface area contributed by atoms with E-state index < -0.39 is 18.3 Å². The molecule has 3 aromatic rings. The zero-order chi connectivity index (χ0) is 30.5. The Morgan fingerprint density at radius 3 is 1.88 bits per heavy atom. The Kier molecular flexibility index (Phi) is 10.2. The maximum Gasteiger partial charge on any atom is 0.494 e. The van der Waals surface area contributed by atoms with Gasteiger partial charge >= 0.3 is 7.12 Å². The second-order valence-corrected chi connectivity index (χ2v) is 12.6. The summed E-state index contributed by atoms with van der Waals surface area (Å²) < 4.78 is 12.7. The number of hydrogen-bond donors (Lipinski definition) is 0. The molecule has 1 heterocycles. The summed E-state index contributed by atoms with van der Waals surface area (Å²) in [5.41, 5.74) is 5.64. The van der Waals surface area contributed by atoms with Gasteiger partial charge in [-0.1, -0.05) is 81.6 Å². The fourth-order valence-corrected chi connectivity index (χ4v) is 5.62. The summed E-state index contributed by atoms with van der Waals surface area (Å²) >= 11 is 0. The minimum atomic E-state index is -0.463. The quantitative estimate of drug-likeness (QED) is 0.272. The first-order valence-corrected chi connectivity index (χ1v) is 15.7. The van der Waals surface area contributed by atoms with Crippen molar-refractivity contribution < 1.29 is 14.1 Å². The molecular weight excluding hydrogens is 519 g/mol. The maximum atomic E-state index is 14.0. The van der Waals surface area contributed by atoms with Gasteiger partial charge in [0.05, 0.1) is 17.7 Å². The number of benzene rings is 3. The summed E-state index contributed by atoms with van der Waals surface area (Å²) in [4.78, 5) is 18.1. The minimum absolute atomic E-state index is 0.0729. The van der Waals surface area contributed by atoms with Gasteiger partial charge in [0.2, 0.25) is 5.91 Å². The van der Waals surface area contributed by atoms with E-state index in [2.05, 4.69) is 101 Å². The molecule has 0 N–H and O–H groups in total. The van der Waals surface area contributed by atoms with Crippen LogP contribution in [0.4, 0.5) is 11.4 Å². The van der Waals surface area contributed by atoms with Crippen LogP contribution < -0.4 is 15.3 Å². The monoisotopic (exact) mass is 568 g/mol. The molecule has 0 spiro atoms. The molecule has 224 valence electrons. The van der Waals surface area contributed by atoms with Crippen LogP contribution in [0.15, 0.2) is 72.8 Å². The summed E-state index contributed by atoms with van der Waals surface area (Å²) in [5.74, 6) is 0.290. The summed E-state index contributed by atoms with van der Waals surface area (Å²) in [6.45, 7) is 12.8. The van der Waals surface area contributed by atoms with Crippen molar-refractivity contribution in [1.29, 1.82) is 0 Å². The number of carbonyl (C=O) groups is 1. The average molecular weight is 569 g/mol. The van der Waals surface area contributed by atoms with E-state index in [1.54, 1.807) is 0 Å². The Labute approximate surface area is 254 Å². The zero-order valence-electron chi connectivity index (χ0n) is 26.9. The molecule has 42 heavy (non-hydrogen) atoms. The molecule has 1 amide bonds. The molecule has 5 nitrogen and oxygen atoms in total. The molecule has 6 heteroatoms.